The lowest BCUT2D eigenvalue weighted by atomic mass is 10.1. The quantitative estimate of drug-likeness (QED) is 0.887. The number of nitrogens with zero attached hydrogens (tertiary/aromatic N) is 3. The molecule has 26 heavy (non-hydrogen) atoms. The van der Waals surface area contributed by atoms with Gasteiger partial charge in [-0.25, -0.2) is 9.48 Å². The number of aryl methyl sites for hydroxylation is 1. The van der Waals surface area contributed by atoms with E-state index in [0.29, 0.717) is 25.9 Å². The minimum Gasteiger partial charge on any atom is -0.490 e. The molecule has 1 aliphatic heterocycles. The number of hydrogen-bond acceptors (Lipinski definition) is 5. The van der Waals surface area contributed by atoms with Crippen LogP contribution in [0.5, 0.6) is 5.75 Å². The minimum absolute atomic E-state index is 0.143. The second-order valence-electron chi connectivity index (χ2n) is 6.04. The molecule has 0 unspecified atom stereocenters. The van der Waals surface area contributed by atoms with Gasteiger partial charge in [-0.3, -0.25) is 9.78 Å². The Morgan fingerprint density at radius 1 is 1.23 bits per heavy atom. The largest absolute Gasteiger partial charge is 0.490 e. The predicted molar refractivity (Wildman–Crippen MR) is 87.4 cm³/mol. The fourth-order valence-electron chi connectivity index (χ4n) is 2.80. The first kappa shape index (κ1) is 18.0. The van der Waals surface area contributed by atoms with E-state index in [9.17, 15) is 22.8 Å². The van der Waals surface area contributed by atoms with Crippen LogP contribution in [0.1, 0.15) is 18.4 Å². The highest BCUT2D eigenvalue weighted by Gasteiger charge is 2.31. The van der Waals surface area contributed by atoms with Gasteiger partial charge in [0.05, 0.1) is 5.56 Å². The molecule has 0 radical (unpaired) electrons. The summed E-state index contributed by atoms with van der Waals surface area (Å²) in [6.07, 6.45) is -3.65. The average Bonchev–Trinajstić information content (AvgIpc) is 2.58. The summed E-state index contributed by atoms with van der Waals surface area (Å²) in [6.45, 7) is 0.885. The van der Waals surface area contributed by atoms with Crippen molar-refractivity contribution in [1.29, 1.82) is 0 Å². The summed E-state index contributed by atoms with van der Waals surface area (Å²) in [5.41, 5.74) is -1.92. The lowest BCUT2D eigenvalue weighted by Crippen LogP contribution is -2.43. The van der Waals surface area contributed by atoms with Crippen LogP contribution in [0, 0.1) is 0 Å². The first-order valence-corrected chi connectivity index (χ1v) is 8.00. The maximum atomic E-state index is 12.8. The fraction of sp³-hybridized carbons (Fsp3) is 0.438. The zero-order chi connectivity index (χ0) is 18.9. The molecule has 0 aliphatic carbocycles. The Labute approximate surface area is 146 Å². The van der Waals surface area contributed by atoms with E-state index in [0.717, 1.165) is 16.8 Å². The molecule has 2 aromatic rings. The number of piperidine rings is 1. The summed E-state index contributed by atoms with van der Waals surface area (Å²) in [4.78, 5) is 27.2. The van der Waals surface area contributed by atoms with Crippen molar-refractivity contribution in [3.05, 3.63) is 50.7 Å². The number of ether oxygens (including phenoxy) is 1. The number of H-pyrrole nitrogens is 1. The number of aromatic nitrogens is 3. The third kappa shape index (κ3) is 3.89. The summed E-state index contributed by atoms with van der Waals surface area (Å²) in [7, 11) is 1.44. The second-order valence-corrected chi connectivity index (χ2v) is 6.04. The van der Waals surface area contributed by atoms with Gasteiger partial charge in [0.25, 0.3) is 5.56 Å². The molecule has 1 fully saturated rings. The molecular weight excluding hydrogens is 353 g/mol. The number of benzene rings is 1. The molecule has 0 spiro atoms. The zero-order valence-electron chi connectivity index (χ0n) is 13.9. The van der Waals surface area contributed by atoms with E-state index in [4.69, 9.17) is 4.74 Å². The van der Waals surface area contributed by atoms with E-state index in [1.165, 1.54) is 19.2 Å². The smallest absolute Gasteiger partial charge is 0.416 e. The van der Waals surface area contributed by atoms with Gasteiger partial charge in [0.1, 0.15) is 11.9 Å². The molecule has 10 heteroatoms. The number of anilines is 1. The van der Waals surface area contributed by atoms with E-state index in [1.807, 2.05) is 0 Å². The Morgan fingerprint density at radius 2 is 1.92 bits per heavy atom. The summed E-state index contributed by atoms with van der Waals surface area (Å²) >= 11 is 0. The summed E-state index contributed by atoms with van der Waals surface area (Å²) in [6, 6.07) is 4.76. The van der Waals surface area contributed by atoms with Crippen molar-refractivity contribution in [3.8, 4) is 5.75 Å². The number of rotatable bonds is 3. The number of aromatic amines is 1. The maximum absolute atomic E-state index is 12.8. The highest BCUT2D eigenvalue weighted by Crippen LogP contribution is 2.32. The van der Waals surface area contributed by atoms with Crippen LogP contribution in [-0.4, -0.2) is 34.0 Å². The molecule has 0 atom stereocenters. The first-order valence-electron chi connectivity index (χ1n) is 8.00. The first-order chi connectivity index (χ1) is 12.2. The van der Waals surface area contributed by atoms with E-state index < -0.39 is 23.0 Å². The zero-order valence-corrected chi connectivity index (χ0v) is 13.9. The predicted octanol–water partition coefficient (Wildman–Crippen LogP) is 1.54. The van der Waals surface area contributed by atoms with Gasteiger partial charge in [0.15, 0.2) is 0 Å². The molecule has 0 amide bonds. The Hall–Kier alpha value is -2.78. The molecule has 2 heterocycles. The highest BCUT2D eigenvalue weighted by molar-refractivity contribution is 5.35. The lowest BCUT2D eigenvalue weighted by Gasteiger charge is -2.32. The number of alkyl halides is 3. The van der Waals surface area contributed by atoms with Gasteiger partial charge in [0, 0.05) is 33.0 Å². The van der Waals surface area contributed by atoms with Crippen LogP contribution < -0.4 is 20.9 Å². The van der Waals surface area contributed by atoms with Crippen LogP contribution in [-0.2, 0) is 13.2 Å². The van der Waals surface area contributed by atoms with Gasteiger partial charge in [-0.1, -0.05) is 6.07 Å². The third-order valence-corrected chi connectivity index (χ3v) is 4.17. The van der Waals surface area contributed by atoms with Crippen molar-refractivity contribution in [2.75, 3.05) is 18.0 Å². The molecule has 1 aromatic carbocycles. The molecule has 7 nitrogen and oxygen atoms in total. The Balaban J connectivity index is 1.65. The minimum atomic E-state index is -4.42. The summed E-state index contributed by atoms with van der Waals surface area (Å²) in [5.74, 6) is 0.306. The second kappa shape index (κ2) is 6.85. The van der Waals surface area contributed by atoms with Gasteiger partial charge in [-0.2, -0.15) is 13.2 Å². The van der Waals surface area contributed by atoms with Gasteiger partial charge in [-0.05, 0) is 18.2 Å². The Morgan fingerprint density at radius 3 is 2.58 bits per heavy atom. The lowest BCUT2D eigenvalue weighted by molar-refractivity contribution is -0.137. The SMILES string of the molecule is Cn1nc(N2CCC(Oc3cccc(C(F)(F)F)c3)CC2)c(=O)[nH]c1=O. The maximum Gasteiger partial charge on any atom is 0.416 e. The molecule has 140 valence electrons. The van der Waals surface area contributed by atoms with Gasteiger partial charge in [0.2, 0.25) is 5.82 Å². The topological polar surface area (TPSA) is 80.2 Å². The van der Waals surface area contributed by atoms with E-state index >= 15 is 0 Å². The number of halogens is 3. The van der Waals surface area contributed by atoms with Crippen LogP contribution in [0.15, 0.2) is 33.9 Å². The molecule has 1 aliphatic rings. The molecular formula is C16H17F3N4O3. The fourth-order valence-corrected chi connectivity index (χ4v) is 2.80. The average molecular weight is 370 g/mol. The van der Waals surface area contributed by atoms with Crippen LogP contribution in [0.25, 0.3) is 0 Å². The van der Waals surface area contributed by atoms with E-state index in [2.05, 4.69) is 10.1 Å². The molecule has 3 rings (SSSR count). The van der Waals surface area contributed by atoms with Crippen molar-refractivity contribution >= 4 is 5.82 Å². The Kier molecular flexibility index (Phi) is 4.75. The highest BCUT2D eigenvalue weighted by atomic mass is 19.4. The monoisotopic (exact) mass is 370 g/mol. The van der Waals surface area contributed by atoms with Crippen molar-refractivity contribution in [3.63, 3.8) is 0 Å². The summed E-state index contributed by atoms with van der Waals surface area (Å²) < 4.78 is 45.0. The van der Waals surface area contributed by atoms with Crippen LogP contribution in [0.4, 0.5) is 19.0 Å². The molecule has 0 saturated carbocycles. The molecule has 1 aromatic heterocycles. The summed E-state index contributed by atoms with van der Waals surface area (Å²) in [5, 5.41) is 3.96. The number of hydrogen-bond donors (Lipinski definition) is 1. The number of nitrogens with one attached hydrogen (secondary N) is 1. The molecule has 0 bridgehead atoms. The third-order valence-electron chi connectivity index (χ3n) is 4.17. The van der Waals surface area contributed by atoms with Crippen molar-refractivity contribution in [2.24, 2.45) is 7.05 Å². The van der Waals surface area contributed by atoms with Gasteiger partial charge < -0.3 is 9.64 Å². The van der Waals surface area contributed by atoms with Crippen molar-refractivity contribution < 1.29 is 17.9 Å². The standard InChI is InChI=1S/C16H17F3N4O3/c1-22-15(25)20-14(24)13(21-22)23-7-5-11(6-8-23)26-12-4-2-3-10(9-12)16(17,18)19/h2-4,9,11H,5-8H2,1H3,(H,20,24,25). The van der Waals surface area contributed by atoms with Crippen molar-refractivity contribution in [1.82, 2.24) is 14.8 Å². The van der Waals surface area contributed by atoms with E-state index in [-0.39, 0.29) is 17.7 Å². The van der Waals surface area contributed by atoms with Crippen molar-refractivity contribution in [2.45, 2.75) is 25.1 Å². The van der Waals surface area contributed by atoms with Gasteiger partial charge >= 0.3 is 11.9 Å². The Bertz CT molecular complexity index is 899. The van der Waals surface area contributed by atoms with E-state index in [1.54, 1.807) is 4.90 Å². The van der Waals surface area contributed by atoms with Crippen LogP contribution in [0.3, 0.4) is 0 Å². The van der Waals surface area contributed by atoms with Crippen LogP contribution in [0.2, 0.25) is 0 Å². The van der Waals surface area contributed by atoms with Gasteiger partial charge in [-0.15, -0.1) is 5.10 Å². The molecule has 1 saturated heterocycles. The molecule has 1 N–H and O–H groups in total. The van der Waals surface area contributed by atoms with Crippen LogP contribution >= 0.6 is 0 Å². The normalized spacial score (nSPS) is 15.9.